The van der Waals surface area contributed by atoms with Gasteiger partial charge in [0, 0.05) is 30.3 Å². The van der Waals surface area contributed by atoms with Crippen LogP contribution < -0.4 is 5.32 Å². The first-order chi connectivity index (χ1) is 14.9. The van der Waals surface area contributed by atoms with Crippen LogP contribution in [0.3, 0.4) is 0 Å². The van der Waals surface area contributed by atoms with Gasteiger partial charge in [0.05, 0.1) is 25.0 Å². The van der Waals surface area contributed by atoms with E-state index in [2.05, 4.69) is 23.0 Å². The molecule has 1 aliphatic rings. The largest absolute Gasteiger partial charge is 0.512 e. The number of carbonyl (C=O) groups excluding carboxylic acids is 1. The number of aliphatic hydroxyl groups is 2. The summed E-state index contributed by atoms with van der Waals surface area (Å²) in [6.07, 6.45) is 7.05. The van der Waals surface area contributed by atoms with E-state index >= 15 is 0 Å². The molecule has 0 aromatic heterocycles. The minimum atomic E-state index is -0.260. The molecule has 0 saturated carbocycles. The average Bonchev–Trinajstić information content (AvgIpc) is 2.79. The van der Waals surface area contributed by atoms with Crippen LogP contribution in [0, 0.1) is 11.3 Å². The van der Waals surface area contributed by atoms with E-state index in [-0.39, 0.29) is 31.2 Å². The van der Waals surface area contributed by atoms with Gasteiger partial charge in [-0.25, -0.2) is 0 Å². The summed E-state index contributed by atoms with van der Waals surface area (Å²) in [5.41, 5.74) is 4.67. The fourth-order valence-electron chi connectivity index (χ4n) is 2.87. The van der Waals surface area contributed by atoms with E-state index in [0.29, 0.717) is 28.8 Å². The van der Waals surface area contributed by atoms with E-state index in [0.717, 1.165) is 16.7 Å². The number of rotatable bonds is 7. The first kappa shape index (κ1) is 23.6. The third-order valence-electron chi connectivity index (χ3n) is 4.96. The minimum Gasteiger partial charge on any atom is -0.512 e. The van der Waals surface area contributed by atoms with Crippen molar-refractivity contribution in [1.29, 1.82) is 5.26 Å². The van der Waals surface area contributed by atoms with Gasteiger partial charge in [-0.1, -0.05) is 30.9 Å². The van der Waals surface area contributed by atoms with Crippen LogP contribution in [0.4, 0.5) is 0 Å². The molecule has 1 heterocycles. The van der Waals surface area contributed by atoms with Crippen molar-refractivity contribution in [2.45, 2.75) is 20.3 Å². The maximum absolute atomic E-state index is 12.5. The number of nitrogens with one attached hydrogen (secondary N) is 1. The summed E-state index contributed by atoms with van der Waals surface area (Å²) in [7, 11) is 0. The lowest BCUT2D eigenvalue weighted by atomic mass is 10.0. The number of hydrogen-bond acceptors (Lipinski definition) is 5. The van der Waals surface area contributed by atoms with Gasteiger partial charge in [0.2, 0.25) is 0 Å². The van der Waals surface area contributed by atoms with Crippen LogP contribution in [-0.4, -0.2) is 42.0 Å². The van der Waals surface area contributed by atoms with Crippen LogP contribution in [-0.2, 0) is 0 Å². The molecule has 160 valence electrons. The zero-order valence-corrected chi connectivity index (χ0v) is 17.9. The first-order valence-corrected chi connectivity index (χ1v) is 9.90. The molecule has 6 heteroatoms. The quantitative estimate of drug-likeness (QED) is 0.460. The van der Waals surface area contributed by atoms with E-state index in [4.69, 9.17) is 5.26 Å². The number of benzene rings is 1. The smallest absolute Gasteiger partial charge is 0.251 e. The zero-order valence-electron chi connectivity index (χ0n) is 17.9. The second kappa shape index (κ2) is 11.5. The number of nitrogens with zero attached hydrogens (tertiary/aromatic N) is 2. The third-order valence-corrected chi connectivity index (χ3v) is 4.96. The molecule has 1 aromatic rings. The maximum atomic E-state index is 12.5. The van der Waals surface area contributed by atoms with Crippen LogP contribution in [0.25, 0.3) is 5.57 Å². The Labute approximate surface area is 182 Å². The SMILES string of the molecule is C=C(/C=C\C(C#N)=C/C)c1ccc(C(=O)NC/C2=C(\CO)C/C(O)=C(/C)CN=C2)cc1. The van der Waals surface area contributed by atoms with E-state index in [1.165, 1.54) is 0 Å². The fraction of sp³-hybridized carbons (Fsp3) is 0.240. The van der Waals surface area contributed by atoms with Crippen molar-refractivity contribution in [1.82, 2.24) is 5.32 Å². The van der Waals surface area contributed by atoms with Gasteiger partial charge in [-0.3, -0.25) is 9.79 Å². The molecule has 0 atom stereocenters. The summed E-state index contributed by atoms with van der Waals surface area (Å²) >= 11 is 0. The number of nitriles is 1. The summed E-state index contributed by atoms with van der Waals surface area (Å²) in [6, 6.07) is 9.08. The van der Waals surface area contributed by atoms with Gasteiger partial charge in [-0.15, -0.1) is 0 Å². The molecule has 2 rings (SSSR count). The Balaban J connectivity index is 2.06. The van der Waals surface area contributed by atoms with Crippen molar-refractivity contribution < 1.29 is 15.0 Å². The maximum Gasteiger partial charge on any atom is 0.251 e. The molecule has 0 saturated heterocycles. The fourth-order valence-corrected chi connectivity index (χ4v) is 2.87. The van der Waals surface area contributed by atoms with Gasteiger partial charge >= 0.3 is 0 Å². The van der Waals surface area contributed by atoms with Crippen molar-refractivity contribution >= 4 is 17.7 Å². The summed E-state index contributed by atoms with van der Waals surface area (Å²) in [4.78, 5) is 16.8. The highest BCUT2D eigenvalue weighted by Crippen LogP contribution is 2.18. The number of aliphatic hydroxyl groups excluding tert-OH is 2. The lowest BCUT2D eigenvalue weighted by molar-refractivity contribution is 0.0957. The summed E-state index contributed by atoms with van der Waals surface area (Å²) < 4.78 is 0. The molecule has 0 fully saturated rings. The predicted octanol–water partition coefficient (Wildman–Crippen LogP) is 4.05. The van der Waals surface area contributed by atoms with Gasteiger partial charge in [0.1, 0.15) is 0 Å². The van der Waals surface area contributed by atoms with Gasteiger partial charge in [-0.05, 0) is 59.9 Å². The molecule has 6 nitrogen and oxygen atoms in total. The first-order valence-electron chi connectivity index (χ1n) is 9.90. The predicted molar refractivity (Wildman–Crippen MR) is 124 cm³/mol. The molecule has 31 heavy (non-hydrogen) atoms. The van der Waals surface area contributed by atoms with Crippen LogP contribution in [0.1, 0.15) is 36.2 Å². The molecule has 0 spiro atoms. The second-order valence-electron chi connectivity index (χ2n) is 7.13. The molecule has 0 bridgehead atoms. The van der Waals surface area contributed by atoms with Crippen molar-refractivity contribution in [2.75, 3.05) is 19.7 Å². The Morgan fingerprint density at radius 2 is 1.97 bits per heavy atom. The zero-order chi connectivity index (χ0) is 22.8. The van der Waals surface area contributed by atoms with Gasteiger partial charge in [0.25, 0.3) is 5.91 Å². The van der Waals surface area contributed by atoms with Crippen LogP contribution in [0.5, 0.6) is 0 Å². The van der Waals surface area contributed by atoms with Crippen LogP contribution >= 0.6 is 0 Å². The Hall–Kier alpha value is -3.69. The standard InChI is InChI=1S/C25H27N3O3/c1-4-19(12-26)6-5-17(2)20-7-9-21(10-8-20)25(31)28-15-23-14-27-13-18(3)24(30)11-22(23)16-29/h4-10,14,29-30H,2,11,13,15-16H2,1,3H3,(H,28,31)/b6-5-,19-4+,23-22-,24-18+,27-14?. The molecule has 1 aromatic carbocycles. The van der Waals surface area contributed by atoms with Crippen LogP contribution in [0.2, 0.25) is 0 Å². The molecular weight excluding hydrogens is 390 g/mol. The van der Waals surface area contributed by atoms with Crippen LogP contribution in [0.15, 0.2) is 82.1 Å². The molecule has 3 N–H and O–H groups in total. The van der Waals surface area contributed by atoms with Crippen molar-refractivity contribution in [2.24, 2.45) is 4.99 Å². The Bertz CT molecular complexity index is 1030. The number of allylic oxidation sites excluding steroid dienone is 6. The average molecular weight is 418 g/mol. The molecule has 0 unspecified atom stereocenters. The van der Waals surface area contributed by atoms with E-state index in [1.807, 2.05) is 0 Å². The lowest BCUT2D eigenvalue weighted by Crippen LogP contribution is -2.27. The number of hydrogen-bond donors (Lipinski definition) is 3. The van der Waals surface area contributed by atoms with E-state index in [1.54, 1.807) is 62.6 Å². The van der Waals surface area contributed by atoms with E-state index in [9.17, 15) is 15.0 Å². The van der Waals surface area contributed by atoms with Crippen molar-refractivity contribution in [3.05, 3.63) is 88.3 Å². The summed E-state index contributed by atoms with van der Waals surface area (Å²) in [5.74, 6) is -0.0597. The second-order valence-corrected chi connectivity index (χ2v) is 7.13. The van der Waals surface area contributed by atoms with Gasteiger partial charge in [-0.2, -0.15) is 5.26 Å². The lowest BCUT2D eigenvalue weighted by Gasteiger charge is -2.15. The molecule has 1 amide bonds. The Kier molecular flexibility index (Phi) is 8.74. The number of aliphatic imine (C=N–C) groups is 1. The summed E-state index contributed by atoms with van der Waals surface area (Å²) in [5, 5.41) is 31.5. The molecular formula is C25H27N3O3. The highest BCUT2D eigenvalue weighted by atomic mass is 16.3. The highest BCUT2D eigenvalue weighted by molar-refractivity contribution is 5.95. The molecule has 0 aliphatic carbocycles. The van der Waals surface area contributed by atoms with Gasteiger partial charge < -0.3 is 15.5 Å². The topological polar surface area (TPSA) is 106 Å². The van der Waals surface area contributed by atoms with E-state index < -0.39 is 0 Å². The third kappa shape index (κ3) is 6.66. The molecule has 1 aliphatic heterocycles. The minimum absolute atomic E-state index is 0.196. The van der Waals surface area contributed by atoms with Crippen molar-refractivity contribution in [3.63, 3.8) is 0 Å². The number of amides is 1. The summed E-state index contributed by atoms with van der Waals surface area (Å²) in [6.45, 7) is 7.94. The Morgan fingerprint density at radius 1 is 1.29 bits per heavy atom. The Morgan fingerprint density at radius 3 is 2.58 bits per heavy atom. The normalized spacial score (nSPS) is 19.6. The monoisotopic (exact) mass is 417 g/mol. The number of carbonyl (C=O) groups is 1. The van der Waals surface area contributed by atoms with Gasteiger partial charge in [0.15, 0.2) is 0 Å². The molecule has 0 radical (unpaired) electrons. The van der Waals surface area contributed by atoms with Crippen molar-refractivity contribution in [3.8, 4) is 6.07 Å². The highest BCUT2D eigenvalue weighted by Gasteiger charge is 2.13.